The van der Waals surface area contributed by atoms with Gasteiger partial charge in [0.1, 0.15) is 11.6 Å². The lowest BCUT2D eigenvalue weighted by Crippen LogP contribution is -2.44. The molecule has 1 fully saturated rings. The number of fused-ring (bicyclic) bond motifs is 1. The lowest BCUT2D eigenvalue weighted by atomic mass is 10.0. The van der Waals surface area contributed by atoms with Crippen molar-refractivity contribution in [3.63, 3.8) is 0 Å². The molecule has 2 aromatic carbocycles. The quantitative estimate of drug-likeness (QED) is 0.565. The topological polar surface area (TPSA) is 80.5 Å². The van der Waals surface area contributed by atoms with E-state index in [0.717, 1.165) is 59.8 Å². The highest BCUT2D eigenvalue weighted by molar-refractivity contribution is 5.90. The Balaban J connectivity index is 1.86. The van der Waals surface area contributed by atoms with E-state index in [-0.39, 0.29) is 10.6 Å². The van der Waals surface area contributed by atoms with Gasteiger partial charge in [-0.05, 0) is 35.9 Å². The molecule has 0 aliphatic carbocycles. The molecule has 0 atom stereocenters. The number of nitro benzene ring substituents is 1. The molecule has 7 heteroatoms. The summed E-state index contributed by atoms with van der Waals surface area (Å²) in [5, 5.41) is 15.3. The van der Waals surface area contributed by atoms with Crippen molar-refractivity contribution in [3.05, 3.63) is 58.6 Å². The summed E-state index contributed by atoms with van der Waals surface area (Å²) < 4.78 is 5.33. The van der Waals surface area contributed by atoms with E-state index < -0.39 is 0 Å². The molecule has 0 amide bonds. The highest BCUT2D eigenvalue weighted by atomic mass is 16.6. The monoisotopic (exact) mass is 364 g/mol. The van der Waals surface area contributed by atoms with Crippen LogP contribution >= 0.6 is 0 Å². The molecule has 1 aromatic heterocycles. The average molecular weight is 364 g/mol. The van der Waals surface area contributed by atoms with Crippen LogP contribution in [0.3, 0.4) is 0 Å². The molecule has 1 aliphatic rings. The molecule has 3 aromatic rings. The van der Waals surface area contributed by atoms with Gasteiger partial charge in [-0.25, -0.2) is 4.98 Å². The summed E-state index contributed by atoms with van der Waals surface area (Å²) in [6, 6.07) is 14.6. The van der Waals surface area contributed by atoms with Gasteiger partial charge in [-0.2, -0.15) is 0 Å². The number of pyridine rings is 1. The molecular formula is C20H20N4O3. The smallest absolute Gasteiger partial charge is 0.269 e. The fourth-order valence-electron chi connectivity index (χ4n) is 3.36. The van der Waals surface area contributed by atoms with Gasteiger partial charge in [-0.1, -0.05) is 0 Å². The maximum Gasteiger partial charge on any atom is 0.269 e. The van der Waals surface area contributed by atoms with Crippen molar-refractivity contribution in [2.75, 3.05) is 38.2 Å². The predicted octanol–water partition coefficient (Wildman–Crippen LogP) is 3.23. The number of aromatic nitrogens is 1. The Morgan fingerprint density at radius 2 is 1.85 bits per heavy atom. The van der Waals surface area contributed by atoms with Crippen LogP contribution in [-0.2, 0) is 0 Å². The first-order chi connectivity index (χ1) is 13.2. The Hall–Kier alpha value is -3.19. The summed E-state index contributed by atoms with van der Waals surface area (Å²) in [5.41, 5.74) is 2.85. The molecule has 0 radical (unpaired) electrons. The first-order valence-corrected chi connectivity index (χ1v) is 8.85. The number of non-ortho nitro benzene ring substituents is 1. The minimum Gasteiger partial charge on any atom is -0.497 e. The molecule has 0 unspecified atom stereocenters. The summed E-state index contributed by atoms with van der Waals surface area (Å²) in [4.78, 5) is 17.8. The summed E-state index contributed by atoms with van der Waals surface area (Å²) in [6.45, 7) is 3.53. The SMILES string of the molecule is COc1ccc2cc(-c3ccc([N+](=O)[O-])cc3)c(N3CCNCC3)nc2c1. The number of nitro groups is 1. The highest BCUT2D eigenvalue weighted by Gasteiger charge is 2.19. The van der Waals surface area contributed by atoms with Crippen molar-refractivity contribution in [3.8, 4) is 16.9 Å². The molecule has 0 spiro atoms. The molecule has 0 bridgehead atoms. The summed E-state index contributed by atoms with van der Waals surface area (Å²) in [7, 11) is 1.64. The van der Waals surface area contributed by atoms with Crippen LogP contribution in [0.25, 0.3) is 22.0 Å². The third-order valence-electron chi connectivity index (χ3n) is 4.81. The fraction of sp³-hybridized carbons (Fsp3) is 0.250. The van der Waals surface area contributed by atoms with Crippen molar-refractivity contribution in [2.45, 2.75) is 0 Å². The minimum atomic E-state index is -0.383. The van der Waals surface area contributed by atoms with Crippen molar-refractivity contribution in [1.29, 1.82) is 0 Å². The molecular weight excluding hydrogens is 344 g/mol. The van der Waals surface area contributed by atoms with Crippen molar-refractivity contribution < 1.29 is 9.66 Å². The van der Waals surface area contributed by atoms with Gasteiger partial charge in [0, 0.05) is 55.3 Å². The number of benzene rings is 2. The number of hydrogen-bond acceptors (Lipinski definition) is 6. The molecule has 4 rings (SSSR count). The minimum absolute atomic E-state index is 0.0842. The third-order valence-corrected chi connectivity index (χ3v) is 4.81. The lowest BCUT2D eigenvalue weighted by molar-refractivity contribution is -0.384. The summed E-state index contributed by atoms with van der Waals surface area (Å²) in [5.74, 6) is 1.66. The van der Waals surface area contributed by atoms with Crippen LogP contribution in [0.5, 0.6) is 5.75 Å². The molecule has 2 heterocycles. The van der Waals surface area contributed by atoms with E-state index in [9.17, 15) is 10.1 Å². The molecule has 1 aliphatic heterocycles. The zero-order valence-electron chi connectivity index (χ0n) is 15.0. The number of anilines is 1. The first-order valence-electron chi connectivity index (χ1n) is 8.85. The van der Waals surface area contributed by atoms with E-state index in [2.05, 4.69) is 16.3 Å². The van der Waals surface area contributed by atoms with Crippen LogP contribution in [0.2, 0.25) is 0 Å². The second kappa shape index (κ2) is 7.20. The zero-order chi connectivity index (χ0) is 18.8. The van der Waals surface area contributed by atoms with E-state index in [0.29, 0.717) is 0 Å². The number of nitrogens with zero attached hydrogens (tertiary/aromatic N) is 3. The molecule has 1 saturated heterocycles. The van der Waals surface area contributed by atoms with E-state index in [1.54, 1.807) is 19.2 Å². The highest BCUT2D eigenvalue weighted by Crippen LogP contribution is 2.34. The number of rotatable bonds is 4. The predicted molar refractivity (Wildman–Crippen MR) is 105 cm³/mol. The molecule has 1 N–H and O–H groups in total. The van der Waals surface area contributed by atoms with Crippen LogP contribution in [-0.4, -0.2) is 43.2 Å². The molecule has 0 saturated carbocycles. The molecule has 27 heavy (non-hydrogen) atoms. The van der Waals surface area contributed by atoms with Crippen LogP contribution in [0.15, 0.2) is 48.5 Å². The fourth-order valence-corrected chi connectivity index (χ4v) is 3.36. The van der Waals surface area contributed by atoms with Gasteiger partial charge in [-0.15, -0.1) is 0 Å². The van der Waals surface area contributed by atoms with E-state index in [4.69, 9.17) is 9.72 Å². The van der Waals surface area contributed by atoms with Gasteiger partial charge >= 0.3 is 0 Å². The second-order valence-electron chi connectivity index (χ2n) is 6.46. The van der Waals surface area contributed by atoms with Crippen molar-refractivity contribution in [2.24, 2.45) is 0 Å². The lowest BCUT2D eigenvalue weighted by Gasteiger charge is -2.30. The molecule has 138 valence electrons. The van der Waals surface area contributed by atoms with Gasteiger partial charge in [0.2, 0.25) is 0 Å². The van der Waals surface area contributed by atoms with Crippen LogP contribution < -0.4 is 15.0 Å². The number of piperazine rings is 1. The van der Waals surface area contributed by atoms with E-state index in [1.807, 2.05) is 18.2 Å². The normalized spacial score (nSPS) is 14.3. The van der Waals surface area contributed by atoms with Gasteiger partial charge in [0.25, 0.3) is 5.69 Å². The van der Waals surface area contributed by atoms with Crippen LogP contribution in [0.4, 0.5) is 11.5 Å². The Morgan fingerprint density at radius 1 is 1.11 bits per heavy atom. The van der Waals surface area contributed by atoms with E-state index in [1.165, 1.54) is 12.1 Å². The van der Waals surface area contributed by atoms with Crippen molar-refractivity contribution in [1.82, 2.24) is 10.3 Å². The van der Waals surface area contributed by atoms with Gasteiger partial charge in [-0.3, -0.25) is 10.1 Å². The van der Waals surface area contributed by atoms with Crippen molar-refractivity contribution >= 4 is 22.4 Å². The Kier molecular flexibility index (Phi) is 4.60. The first kappa shape index (κ1) is 17.2. The number of nitrogens with one attached hydrogen (secondary N) is 1. The number of methoxy groups -OCH3 is 1. The maximum absolute atomic E-state index is 11.0. The Morgan fingerprint density at radius 3 is 2.52 bits per heavy atom. The summed E-state index contributed by atoms with van der Waals surface area (Å²) in [6.07, 6.45) is 0. The largest absolute Gasteiger partial charge is 0.497 e. The summed E-state index contributed by atoms with van der Waals surface area (Å²) >= 11 is 0. The van der Waals surface area contributed by atoms with Gasteiger partial charge < -0.3 is 15.0 Å². The van der Waals surface area contributed by atoms with Gasteiger partial charge in [0.15, 0.2) is 0 Å². The van der Waals surface area contributed by atoms with Crippen LogP contribution in [0, 0.1) is 10.1 Å². The second-order valence-corrected chi connectivity index (χ2v) is 6.46. The Bertz CT molecular complexity index is 982. The Labute approximate surface area is 156 Å². The number of ether oxygens (including phenoxy) is 1. The average Bonchev–Trinajstić information content (AvgIpc) is 2.73. The number of hydrogen-bond donors (Lipinski definition) is 1. The maximum atomic E-state index is 11.0. The van der Waals surface area contributed by atoms with Crippen LogP contribution in [0.1, 0.15) is 0 Å². The van der Waals surface area contributed by atoms with E-state index >= 15 is 0 Å². The third kappa shape index (κ3) is 3.41. The standard InChI is InChI=1S/C20H20N4O3/c1-27-17-7-4-15-12-18(14-2-5-16(6-3-14)24(25)26)20(22-19(15)13-17)23-10-8-21-9-11-23/h2-7,12-13,21H,8-11H2,1H3. The van der Waals surface area contributed by atoms with Gasteiger partial charge in [0.05, 0.1) is 17.5 Å². The zero-order valence-corrected chi connectivity index (χ0v) is 15.0. The molecule has 7 nitrogen and oxygen atoms in total.